The zero-order valence-corrected chi connectivity index (χ0v) is 18.7. The molecule has 1 unspecified atom stereocenters. The SMILES string of the molecule is CC(=Nc1ccc(-c2nc(NC3CCNCC3)ncc2F)cc1P)N(C)C(C)C. The Morgan fingerprint density at radius 2 is 2.07 bits per heavy atom. The largest absolute Gasteiger partial charge is 0.361 e. The van der Waals surface area contributed by atoms with Gasteiger partial charge in [-0.25, -0.2) is 19.4 Å². The van der Waals surface area contributed by atoms with Gasteiger partial charge in [0.1, 0.15) is 11.5 Å². The van der Waals surface area contributed by atoms with Crippen LogP contribution in [0.15, 0.2) is 29.4 Å². The fourth-order valence-electron chi connectivity index (χ4n) is 3.22. The Morgan fingerprint density at radius 1 is 1.34 bits per heavy atom. The quantitative estimate of drug-likeness (QED) is 0.445. The van der Waals surface area contributed by atoms with Crippen LogP contribution in [-0.4, -0.2) is 52.9 Å². The van der Waals surface area contributed by atoms with E-state index in [2.05, 4.69) is 48.6 Å². The van der Waals surface area contributed by atoms with Crippen LogP contribution in [0, 0.1) is 5.82 Å². The molecule has 0 aliphatic carbocycles. The zero-order chi connectivity index (χ0) is 21.0. The molecule has 156 valence electrons. The van der Waals surface area contributed by atoms with Crippen LogP contribution in [0.1, 0.15) is 33.6 Å². The van der Waals surface area contributed by atoms with Crippen LogP contribution in [0.4, 0.5) is 16.0 Å². The minimum absolute atomic E-state index is 0.298. The average molecular weight is 416 g/mol. The van der Waals surface area contributed by atoms with Gasteiger partial charge in [-0.15, -0.1) is 9.24 Å². The van der Waals surface area contributed by atoms with Crippen LogP contribution in [0.3, 0.4) is 0 Å². The van der Waals surface area contributed by atoms with Crippen LogP contribution in [-0.2, 0) is 0 Å². The summed E-state index contributed by atoms with van der Waals surface area (Å²) in [5.41, 5.74) is 1.84. The lowest BCUT2D eigenvalue weighted by atomic mass is 10.1. The van der Waals surface area contributed by atoms with Gasteiger partial charge in [-0.1, -0.05) is 6.07 Å². The minimum atomic E-state index is -0.433. The van der Waals surface area contributed by atoms with E-state index in [1.807, 2.05) is 32.2 Å². The highest BCUT2D eigenvalue weighted by atomic mass is 31.0. The number of piperidine rings is 1. The minimum Gasteiger partial charge on any atom is -0.361 e. The van der Waals surface area contributed by atoms with E-state index in [1.54, 1.807) is 0 Å². The second kappa shape index (κ2) is 9.59. The predicted molar refractivity (Wildman–Crippen MR) is 122 cm³/mol. The van der Waals surface area contributed by atoms with Crippen LogP contribution in [0.2, 0.25) is 0 Å². The van der Waals surface area contributed by atoms with Gasteiger partial charge in [0.15, 0.2) is 5.82 Å². The number of halogens is 1. The molecule has 1 aromatic heterocycles. The third-order valence-electron chi connectivity index (χ3n) is 5.28. The average Bonchev–Trinajstić information content (AvgIpc) is 2.71. The molecule has 1 aliphatic rings. The van der Waals surface area contributed by atoms with Gasteiger partial charge in [0.2, 0.25) is 5.95 Å². The third-order valence-corrected chi connectivity index (χ3v) is 5.75. The Bertz CT molecular complexity index is 879. The van der Waals surface area contributed by atoms with Crippen LogP contribution in [0.5, 0.6) is 0 Å². The summed E-state index contributed by atoms with van der Waals surface area (Å²) in [6.07, 6.45) is 3.24. The maximum absolute atomic E-state index is 14.5. The van der Waals surface area contributed by atoms with Crippen molar-refractivity contribution in [1.29, 1.82) is 0 Å². The van der Waals surface area contributed by atoms with Crippen molar-refractivity contribution in [2.24, 2.45) is 4.99 Å². The number of nitrogens with one attached hydrogen (secondary N) is 2. The van der Waals surface area contributed by atoms with Crippen molar-refractivity contribution in [2.45, 2.75) is 45.7 Å². The van der Waals surface area contributed by atoms with Crippen LogP contribution >= 0.6 is 9.24 Å². The van der Waals surface area contributed by atoms with Gasteiger partial charge in [-0.2, -0.15) is 0 Å². The van der Waals surface area contributed by atoms with Gasteiger partial charge in [-0.3, -0.25) is 0 Å². The molecule has 0 bridgehead atoms. The van der Waals surface area contributed by atoms with Crippen molar-refractivity contribution < 1.29 is 4.39 Å². The van der Waals surface area contributed by atoms with Gasteiger partial charge in [-0.05, 0) is 64.1 Å². The summed E-state index contributed by atoms with van der Waals surface area (Å²) in [4.78, 5) is 15.4. The number of rotatable bonds is 5. The molecule has 29 heavy (non-hydrogen) atoms. The maximum Gasteiger partial charge on any atom is 0.223 e. The number of anilines is 1. The van der Waals surface area contributed by atoms with Gasteiger partial charge < -0.3 is 15.5 Å². The number of hydrogen-bond donors (Lipinski definition) is 2. The second-order valence-corrected chi connectivity index (χ2v) is 8.32. The fourth-order valence-corrected chi connectivity index (χ4v) is 3.56. The van der Waals surface area contributed by atoms with E-state index in [0.29, 0.717) is 29.3 Å². The molecule has 6 nitrogen and oxygen atoms in total. The van der Waals surface area contributed by atoms with Crippen molar-refractivity contribution in [3.8, 4) is 11.3 Å². The molecule has 1 saturated heterocycles. The van der Waals surface area contributed by atoms with Crippen molar-refractivity contribution in [1.82, 2.24) is 20.2 Å². The molecule has 2 heterocycles. The molecule has 8 heteroatoms. The van der Waals surface area contributed by atoms with Crippen molar-refractivity contribution in [3.63, 3.8) is 0 Å². The molecule has 2 N–H and O–H groups in total. The van der Waals surface area contributed by atoms with Crippen LogP contribution in [0.25, 0.3) is 11.3 Å². The zero-order valence-electron chi connectivity index (χ0n) is 17.5. The van der Waals surface area contributed by atoms with Gasteiger partial charge >= 0.3 is 0 Å². The number of aliphatic imine (C=N–C) groups is 1. The van der Waals surface area contributed by atoms with Crippen molar-refractivity contribution in [3.05, 3.63) is 30.2 Å². The highest BCUT2D eigenvalue weighted by Gasteiger charge is 2.16. The molecule has 1 aromatic carbocycles. The fraction of sp³-hybridized carbons (Fsp3) is 0.476. The van der Waals surface area contributed by atoms with E-state index >= 15 is 0 Å². The maximum atomic E-state index is 14.5. The Labute approximate surface area is 174 Å². The number of amidine groups is 1. The molecule has 3 rings (SSSR count). The van der Waals surface area contributed by atoms with Gasteiger partial charge in [0, 0.05) is 24.7 Å². The summed E-state index contributed by atoms with van der Waals surface area (Å²) in [7, 11) is 4.71. The van der Waals surface area contributed by atoms with Gasteiger partial charge in [0.25, 0.3) is 0 Å². The molecule has 0 saturated carbocycles. The Hall–Kier alpha value is -2.11. The highest BCUT2D eigenvalue weighted by molar-refractivity contribution is 7.28. The number of hydrogen-bond acceptors (Lipinski definition) is 5. The van der Waals surface area contributed by atoms with Crippen molar-refractivity contribution in [2.75, 3.05) is 25.5 Å². The molecule has 1 aliphatic heterocycles. The highest BCUT2D eigenvalue weighted by Crippen LogP contribution is 2.25. The molecule has 0 radical (unpaired) electrons. The number of aromatic nitrogens is 2. The summed E-state index contributed by atoms with van der Waals surface area (Å²) < 4.78 is 14.5. The predicted octanol–water partition coefficient (Wildman–Crippen LogP) is 3.34. The van der Waals surface area contributed by atoms with E-state index in [-0.39, 0.29) is 0 Å². The third kappa shape index (κ3) is 5.49. The van der Waals surface area contributed by atoms with Gasteiger partial charge in [0.05, 0.1) is 11.9 Å². The lowest BCUT2D eigenvalue weighted by Gasteiger charge is -2.23. The number of nitrogens with zero attached hydrogens (tertiary/aromatic N) is 4. The number of benzene rings is 1. The molecular formula is C21H30FN6P. The van der Waals surface area contributed by atoms with E-state index < -0.39 is 5.82 Å². The molecule has 0 spiro atoms. The van der Waals surface area contributed by atoms with Crippen molar-refractivity contribution >= 4 is 32.0 Å². The monoisotopic (exact) mass is 416 g/mol. The Balaban J connectivity index is 1.84. The molecule has 1 atom stereocenters. The molecule has 0 amide bonds. The van der Waals surface area contributed by atoms with E-state index in [9.17, 15) is 4.39 Å². The second-order valence-electron chi connectivity index (χ2n) is 7.70. The lowest BCUT2D eigenvalue weighted by Crippen LogP contribution is -2.35. The first-order valence-electron chi connectivity index (χ1n) is 10.0. The summed E-state index contributed by atoms with van der Waals surface area (Å²) in [5.74, 6) is 0.963. The normalized spacial score (nSPS) is 15.6. The van der Waals surface area contributed by atoms with E-state index in [4.69, 9.17) is 4.99 Å². The first kappa shape index (κ1) is 21.6. The smallest absolute Gasteiger partial charge is 0.223 e. The first-order valence-corrected chi connectivity index (χ1v) is 10.6. The Morgan fingerprint density at radius 3 is 2.72 bits per heavy atom. The van der Waals surface area contributed by atoms with E-state index in [0.717, 1.165) is 42.8 Å². The standard InChI is InChI=1S/C21H30FN6P/c1-13(2)28(4)14(3)25-18-6-5-15(11-19(18)29)20-17(22)12-24-21(27-20)26-16-7-9-23-10-8-16/h5-6,11-13,16,23H,7-10,29H2,1-4H3,(H,24,26,27). The molecule has 2 aromatic rings. The molecular weight excluding hydrogens is 386 g/mol. The summed E-state index contributed by atoms with van der Waals surface area (Å²) in [6.45, 7) is 8.17. The topological polar surface area (TPSA) is 65.4 Å². The Kier molecular flexibility index (Phi) is 7.14. The lowest BCUT2D eigenvalue weighted by molar-refractivity contribution is 0.415. The summed E-state index contributed by atoms with van der Waals surface area (Å²) >= 11 is 0. The summed E-state index contributed by atoms with van der Waals surface area (Å²) in [5, 5.41) is 7.55. The van der Waals surface area contributed by atoms with Crippen LogP contribution < -0.4 is 15.9 Å². The molecule has 1 fully saturated rings. The van der Waals surface area contributed by atoms with E-state index in [1.165, 1.54) is 6.20 Å². The summed E-state index contributed by atoms with van der Waals surface area (Å²) in [6, 6.07) is 6.33. The first-order chi connectivity index (χ1) is 13.8.